The Kier molecular flexibility index (Phi) is 5.08. The van der Waals surface area contributed by atoms with E-state index in [1.165, 1.54) is 13.3 Å². The number of hydrogen-bond donors (Lipinski definition) is 1. The lowest BCUT2D eigenvalue weighted by Gasteiger charge is -2.13. The maximum absolute atomic E-state index is 12.8. The molecular weight excluding hydrogens is 354 g/mol. The lowest BCUT2D eigenvalue weighted by Crippen LogP contribution is -2.14. The topological polar surface area (TPSA) is 99.1 Å². The monoisotopic (exact) mass is 371 g/mol. The minimum atomic E-state index is -0.345. The predicted octanol–water partition coefficient (Wildman–Crippen LogP) is 2.88. The first-order chi connectivity index (χ1) is 12.5. The van der Waals surface area contributed by atoms with Crippen molar-refractivity contribution >= 4 is 22.4 Å². The molecule has 0 aliphatic heterocycles. The van der Waals surface area contributed by atoms with Crippen LogP contribution in [0.3, 0.4) is 0 Å². The third-order valence-corrected chi connectivity index (χ3v) is 4.40. The summed E-state index contributed by atoms with van der Waals surface area (Å²) in [4.78, 5) is 21.3. The van der Waals surface area contributed by atoms with E-state index in [2.05, 4.69) is 25.5 Å². The van der Waals surface area contributed by atoms with Gasteiger partial charge >= 0.3 is 0 Å². The lowest BCUT2D eigenvalue weighted by molar-refractivity contribution is 0.102. The van der Waals surface area contributed by atoms with Gasteiger partial charge in [-0.15, -0.1) is 5.10 Å². The fourth-order valence-electron chi connectivity index (χ4n) is 2.39. The minimum absolute atomic E-state index is 0.344. The van der Waals surface area contributed by atoms with Crippen molar-refractivity contribution in [3.05, 3.63) is 41.5 Å². The van der Waals surface area contributed by atoms with E-state index in [0.29, 0.717) is 27.2 Å². The second-order valence-corrected chi connectivity index (χ2v) is 6.37. The molecule has 0 spiro atoms. The summed E-state index contributed by atoms with van der Waals surface area (Å²) < 4.78 is 10.4. The van der Waals surface area contributed by atoms with Crippen molar-refractivity contribution in [2.75, 3.05) is 19.5 Å². The van der Waals surface area contributed by atoms with Crippen LogP contribution >= 0.6 is 11.3 Å². The fourth-order valence-corrected chi connectivity index (χ4v) is 2.95. The van der Waals surface area contributed by atoms with Crippen molar-refractivity contribution in [3.63, 3.8) is 0 Å². The van der Waals surface area contributed by atoms with Crippen LogP contribution < -0.4 is 14.8 Å². The van der Waals surface area contributed by atoms with Gasteiger partial charge in [0.05, 0.1) is 26.0 Å². The summed E-state index contributed by atoms with van der Waals surface area (Å²) in [6.07, 6.45) is 3.17. The third kappa shape index (κ3) is 3.62. The van der Waals surface area contributed by atoms with Crippen molar-refractivity contribution in [1.82, 2.24) is 20.2 Å². The van der Waals surface area contributed by atoms with Crippen LogP contribution in [0.15, 0.2) is 24.5 Å². The van der Waals surface area contributed by atoms with E-state index in [4.69, 9.17) is 9.47 Å². The maximum atomic E-state index is 12.8. The lowest BCUT2D eigenvalue weighted by atomic mass is 9.99. The number of carbonyl (C=O) groups is 1. The molecule has 0 aromatic carbocycles. The van der Waals surface area contributed by atoms with Crippen LogP contribution in [-0.2, 0) is 0 Å². The molecule has 3 heterocycles. The molecule has 0 bridgehead atoms. The largest absolute Gasteiger partial charge is 0.494 e. The van der Waals surface area contributed by atoms with Crippen LogP contribution in [0.2, 0.25) is 0 Å². The Labute approximate surface area is 154 Å². The summed E-state index contributed by atoms with van der Waals surface area (Å²) in [5.74, 6) is 0.232. The highest BCUT2D eigenvalue weighted by molar-refractivity contribution is 7.17. The highest BCUT2D eigenvalue weighted by Gasteiger charge is 2.19. The molecule has 0 saturated heterocycles. The second-order valence-electron chi connectivity index (χ2n) is 5.43. The van der Waals surface area contributed by atoms with E-state index in [0.717, 1.165) is 28.3 Å². The number of carbonyl (C=O) groups excluding carboxylic acids is 1. The molecule has 9 heteroatoms. The molecular formula is C17H17N5O3S. The van der Waals surface area contributed by atoms with Crippen molar-refractivity contribution in [3.8, 4) is 22.1 Å². The molecule has 0 atom stereocenters. The molecule has 0 aliphatic rings. The first kappa shape index (κ1) is 17.7. The molecule has 3 rings (SSSR count). The number of hydrogen-bond acceptors (Lipinski definition) is 8. The van der Waals surface area contributed by atoms with Gasteiger partial charge < -0.3 is 9.47 Å². The highest BCUT2D eigenvalue weighted by Crippen LogP contribution is 2.33. The number of amides is 1. The number of nitrogens with zero attached hydrogens (tertiary/aromatic N) is 4. The van der Waals surface area contributed by atoms with E-state index in [1.54, 1.807) is 13.3 Å². The van der Waals surface area contributed by atoms with E-state index in [-0.39, 0.29) is 5.91 Å². The minimum Gasteiger partial charge on any atom is -0.494 e. The molecule has 1 amide bonds. The van der Waals surface area contributed by atoms with Crippen LogP contribution in [0.1, 0.15) is 21.7 Å². The Balaban J connectivity index is 2.03. The maximum Gasteiger partial charge on any atom is 0.295 e. The Hall–Kier alpha value is -3.07. The highest BCUT2D eigenvalue weighted by atomic mass is 32.1. The molecule has 0 radical (unpaired) electrons. The quantitative estimate of drug-likeness (QED) is 0.736. The number of aryl methyl sites for hydroxylation is 2. The molecule has 8 nitrogen and oxygen atoms in total. The Bertz CT molecular complexity index is 957. The summed E-state index contributed by atoms with van der Waals surface area (Å²) in [5, 5.41) is 11.1. The van der Waals surface area contributed by atoms with Crippen molar-refractivity contribution in [2.45, 2.75) is 13.8 Å². The third-order valence-electron chi connectivity index (χ3n) is 3.60. The molecule has 3 aromatic heterocycles. The van der Waals surface area contributed by atoms with Gasteiger partial charge in [0.15, 0.2) is 0 Å². The summed E-state index contributed by atoms with van der Waals surface area (Å²) in [7, 11) is 3.06. The standard InChI is InChI=1S/C17H17N5O3S/c1-9-5-11(12-6-10(2)19-8-14(12)24-3)13(7-18-9)15(23)20-16-21-22-17(25-4)26-16/h5-8H,1-4H3,(H,20,21,23). The summed E-state index contributed by atoms with van der Waals surface area (Å²) in [6.45, 7) is 3.74. The number of pyridine rings is 2. The van der Waals surface area contributed by atoms with Gasteiger partial charge in [0.25, 0.3) is 11.1 Å². The van der Waals surface area contributed by atoms with Crippen molar-refractivity contribution in [2.24, 2.45) is 0 Å². The first-order valence-electron chi connectivity index (χ1n) is 7.68. The predicted molar refractivity (Wildman–Crippen MR) is 97.9 cm³/mol. The molecule has 26 heavy (non-hydrogen) atoms. The smallest absolute Gasteiger partial charge is 0.295 e. The van der Waals surface area contributed by atoms with E-state index >= 15 is 0 Å². The molecule has 0 aliphatic carbocycles. The average molecular weight is 371 g/mol. The summed E-state index contributed by atoms with van der Waals surface area (Å²) in [5.41, 5.74) is 3.47. The Morgan fingerprint density at radius 2 is 1.69 bits per heavy atom. The summed E-state index contributed by atoms with van der Waals surface area (Å²) >= 11 is 1.14. The number of ether oxygens (including phenoxy) is 2. The zero-order valence-electron chi connectivity index (χ0n) is 14.7. The van der Waals surface area contributed by atoms with Crippen LogP contribution in [0.5, 0.6) is 10.9 Å². The normalized spacial score (nSPS) is 10.5. The van der Waals surface area contributed by atoms with Gasteiger partial charge in [-0.1, -0.05) is 5.10 Å². The fraction of sp³-hybridized carbons (Fsp3) is 0.235. The Morgan fingerprint density at radius 3 is 2.35 bits per heavy atom. The molecule has 134 valence electrons. The molecule has 0 unspecified atom stereocenters. The average Bonchev–Trinajstić information content (AvgIpc) is 3.09. The molecule has 1 N–H and O–H groups in total. The van der Waals surface area contributed by atoms with Crippen molar-refractivity contribution in [1.29, 1.82) is 0 Å². The number of rotatable bonds is 5. The molecule has 3 aromatic rings. The number of aromatic nitrogens is 4. The SMILES string of the molecule is COc1nnc(NC(=O)c2cnc(C)cc2-c2cc(C)ncc2OC)s1. The van der Waals surface area contributed by atoms with Crippen LogP contribution in [0, 0.1) is 13.8 Å². The summed E-state index contributed by atoms with van der Waals surface area (Å²) in [6, 6.07) is 3.71. The first-order valence-corrected chi connectivity index (χ1v) is 8.50. The van der Waals surface area contributed by atoms with Gasteiger partial charge in [-0.3, -0.25) is 20.1 Å². The Morgan fingerprint density at radius 1 is 1.00 bits per heavy atom. The van der Waals surface area contributed by atoms with Gasteiger partial charge in [0.2, 0.25) is 5.13 Å². The van der Waals surface area contributed by atoms with Gasteiger partial charge in [-0.2, -0.15) is 0 Å². The van der Waals surface area contributed by atoms with Gasteiger partial charge in [0, 0.05) is 28.7 Å². The number of nitrogens with one attached hydrogen (secondary N) is 1. The zero-order chi connectivity index (χ0) is 18.7. The van der Waals surface area contributed by atoms with E-state index in [1.807, 2.05) is 26.0 Å². The number of methoxy groups -OCH3 is 2. The van der Waals surface area contributed by atoms with Crippen LogP contribution in [0.4, 0.5) is 5.13 Å². The van der Waals surface area contributed by atoms with Crippen molar-refractivity contribution < 1.29 is 14.3 Å². The van der Waals surface area contributed by atoms with Gasteiger partial charge in [0.1, 0.15) is 5.75 Å². The molecule has 0 saturated carbocycles. The van der Waals surface area contributed by atoms with Crippen LogP contribution in [0.25, 0.3) is 11.1 Å². The van der Waals surface area contributed by atoms with E-state index in [9.17, 15) is 4.79 Å². The molecule has 0 fully saturated rings. The number of anilines is 1. The van der Waals surface area contributed by atoms with Gasteiger partial charge in [-0.25, -0.2) is 0 Å². The second kappa shape index (κ2) is 7.44. The zero-order valence-corrected chi connectivity index (χ0v) is 15.5. The van der Waals surface area contributed by atoms with Gasteiger partial charge in [-0.05, 0) is 37.3 Å². The van der Waals surface area contributed by atoms with E-state index < -0.39 is 0 Å². The van der Waals surface area contributed by atoms with Crippen LogP contribution in [-0.4, -0.2) is 40.3 Å².